The molecule has 10 nitrogen and oxygen atoms in total. The highest BCUT2D eigenvalue weighted by atomic mass is 35.5. The zero-order valence-electron chi connectivity index (χ0n) is 22.0. The summed E-state index contributed by atoms with van der Waals surface area (Å²) in [5.41, 5.74) is 8.20. The van der Waals surface area contributed by atoms with Crippen LogP contribution in [0, 0.1) is 5.82 Å². The van der Waals surface area contributed by atoms with E-state index in [2.05, 4.69) is 63.7 Å². The average molecular weight is 540 g/mol. The number of aryl methyl sites for hydroxylation is 1. The predicted molar refractivity (Wildman–Crippen MR) is 146 cm³/mol. The van der Waals surface area contributed by atoms with Crippen molar-refractivity contribution >= 4 is 40.3 Å². The first kappa shape index (κ1) is 25.9. The first-order chi connectivity index (χ1) is 18.0. The number of ether oxygens (including phenoxy) is 1. The number of likely N-dealkylation sites (tertiary alicyclic amines) is 1. The standard InChI is InChI=1S/C26H31ClFN9O/c1-26(2,3)20-10-21(34-37(20)16-8-9-35(4)14-16)32-25-33-24-23(36(25)5)22(27)19(13-31-24)38-18(11-29)17-7-6-15(28)12-30-17/h6-7,10-13,16H,8-9,14,29H2,1-5H3,(H,31,32,33,34)/t16-/m1/s1. The number of imidazole rings is 1. The number of nitrogens with one attached hydrogen (secondary N) is 1. The fourth-order valence-electron chi connectivity index (χ4n) is 4.63. The molecule has 0 amide bonds. The molecule has 1 fully saturated rings. The third-order valence-corrected chi connectivity index (χ3v) is 6.98. The van der Waals surface area contributed by atoms with Crippen LogP contribution in [0.15, 0.2) is 36.8 Å². The predicted octanol–water partition coefficient (Wildman–Crippen LogP) is 4.61. The Morgan fingerprint density at radius 3 is 2.66 bits per heavy atom. The molecule has 5 heterocycles. The van der Waals surface area contributed by atoms with Gasteiger partial charge in [0, 0.05) is 37.0 Å². The second kappa shape index (κ2) is 9.88. The third kappa shape index (κ3) is 4.91. The summed E-state index contributed by atoms with van der Waals surface area (Å²) in [7, 11) is 3.97. The quantitative estimate of drug-likeness (QED) is 0.342. The van der Waals surface area contributed by atoms with E-state index in [1.165, 1.54) is 24.5 Å². The van der Waals surface area contributed by atoms with E-state index in [1.54, 1.807) is 4.57 Å². The second-order valence-corrected chi connectivity index (χ2v) is 10.9. The van der Waals surface area contributed by atoms with Gasteiger partial charge in [0.25, 0.3) is 0 Å². The van der Waals surface area contributed by atoms with Gasteiger partial charge in [-0.25, -0.2) is 14.4 Å². The van der Waals surface area contributed by atoms with E-state index < -0.39 is 5.82 Å². The normalized spacial score (nSPS) is 16.9. The fourth-order valence-corrected chi connectivity index (χ4v) is 4.93. The van der Waals surface area contributed by atoms with Crippen LogP contribution in [-0.2, 0) is 12.5 Å². The minimum Gasteiger partial charge on any atom is -0.450 e. The van der Waals surface area contributed by atoms with Crippen LogP contribution in [0.1, 0.15) is 44.6 Å². The zero-order valence-corrected chi connectivity index (χ0v) is 22.8. The zero-order chi connectivity index (χ0) is 27.2. The summed E-state index contributed by atoms with van der Waals surface area (Å²) in [5, 5.41) is 8.57. The lowest BCUT2D eigenvalue weighted by Crippen LogP contribution is -2.24. The number of nitrogens with zero attached hydrogens (tertiary/aromatic N) is 7. The van der Waals surface area contributed by atoms with Gasteiger partial charge in [-0.2, -0.15) is 10.1 Å². The van der Waals surface area contributed by atoms with Gasteiger partial charge in [0.15, 0.2) is 23.0 Å². The highest BCUT2D eigenvalue weighted by molar-refractivity contribution is 6.36. The molecule has 4 aromatic heterocycles. The summed E-state index contributed by atoms with van der Waals surface area (Å²) >= 11 is 6.74. The molecule has 12 heteroatoms. The fraction of sp³-hybridized carbons (Fsp3) is 0.385. The van der Waals surface area contributed by atoms with E-state index in [0.29, 0.717) is 39.7 Å². The summed E-state index contributed by atoms with van der Waals surface area (Å²) in [6.07, 6.45) is 4.85. The van der Waals surface area contributed by atoms with E-state index in [1.807, 2.05) is 7.05 Å². The molecule has 1 aliphatic rings. The SMILES string of the molecule is CN1CC[C@@H](n2nc(Nc3nc4ncc(OC(=CN)c5ccc(F)cn5)c(Cl)c4n3C)cc2C(C)(C)C)C1. The van der Waals surface area contributed by atoms with Gasteiger partial charge in [0.2, 0.25) is 5.95 Å². The minimum absolute atomic E-state index is 0.0782. The number of hydrogen-bond acceptors (Lipinski definition) is 8. The minimum atomic E-state index is -0.462. The van der Waals surface area contributed by atoms with Gasteiger partial charge < -0.3 is 25.3 Å². The second-order valence-electron chi connectivity index (χ2n) is 10.5. The molecular formula is C26H31ClFN9O. The Labute approximate surface area is 225 Å². The molecule has 1 saturated heterocycles. The molecule has 3 N–H and O–H groups in total. The summed E-state index contributed by atoms with van der Waals surface area (Å²) in [5.74, 6) is 1.25. The monoisotopic (exact) mass is 539 g/mol. The number of hydrogen-bond donors (Lipinski definition) is 2. The molecule has 200 valence electrons. The molecule has 0 spiro atoms. The summed E-state index contributed by atoms with van der Waals surface area (Å²) in [6.45, 7) is 8.58. The van der Waals surface area contributed by atoms with E-state index in [9.17, 15) is 4.39 Å². The van der Waals surface area contributed by atoms with Crippen molar-refractivity contribution in [3.63, 3.8) is 0 Å². The number of nitrogens with two attached hydrogens (primary N) is 1. The summed E-state index contributed by atoms with van der Waals surface area (Å²) in [6, 6.07) is 5.14. The molecule has 0 bridgehead atoms. The first-order valence-corrected chi connectivity index (χ1v) is 12.7. The largest absolute Gasteiger partial charge is 0.450 e. The van der Waals surface area contributed by atoms with Gasteiger partial charge in [0.1, 0.15) is 22.1 Å². The van der Waals surface area contributed by atoms with Crippen LogP contribution in [0.4, 0.5) is 16.2 Å². The van der Waals surface area contributed by atoms with Crippen molar-refractivity contribution in [1.29, 1.82) is 0 Å². The Bertz CT molecular complexity index is 1500. The van der Waals surface area contributed by atoms with E-state index >= 15 is 0 Å². The molecular weight excluding hydrogens is 509 g/mol. The van der Waals surface area contributed by atoms with Gasteiger partial charge in [-0.3, -0.25) is 4.68 Å². The lowest BCUT2D eigenvalue weighted by Gasteiger charge is -2.23. The maximum Gasteiger partial charge on any atom is 0.210 e. The molecule has 0 aromatic carbocycles. The Balaban J connectivity index is 1.45. The Morgan fingerprint density at radius 1 is 1.24 bits per heavy atom. The molecule has 0 aliphatic carbocycles. The molecule has 0 radical (unpaired) electrons. The molecule has 1 aliphatic heterocycles. The molecule has 0 unspecified atom stereocenters. The smallest absolute Gasteiger partial charge is 0.210 e. The van der Waals surface area contributed by atoms with Crippen molar-refractivity contribution in [2.24, 2.45) is 12.8 Å². The van der Waals surface area contributed by atoms with E-state index in [0.717, 1.165) is 31.4 Å². The van der Waals surface area contributed by atoms with Crippen molar-refractivity contribution in [2.75, 3.05) is 25.5 Å². The van der Waals surface area contributed by atoms with E-state index in [4.69, 9.17) is 27.2 Å². The molecule has 4 aromatic rings. The van der Waals surface area contributed by atoms with Crippen LogP contribution >= 0.6 is 11.6 Å². The highest BCUT2D eigenvalue weighted by Crippen LogP contribution is 2.36. The Hall–Kier alpha value is -3.70. The molecule has 38 heavy (non-hydrogen) atoms. The Morgan fingerprint density at radius 2 is 2.03 bits per heavy atom. The number of rotatable bonds is 6. The number of anilines is 2. The number of halogens is 2. The molecule has 1 atom stereocenters. The van der Waals surface area contributed by atoms with Crippen LogP contribution in [0.5, 0.6) is 5.75 Å². The number of likely N-dealkylation sites (N-methyl/N-ethyl adjacent to an activating group) is 1. The first-order valence-electron chi connectivity index (χ1n) is 12.3. The van der Waals surface area contributed by atoms with Crippen molar-refractivity contribution in [3.8, 4) is 5.75 Å². The molecule has 0 saturated carbocycles. The van der Waals surface area contributed by atoms with Gasteiger partial charge >= 0.3 is 0 Å². The van der Waals surface area contributed by atoms with Gasteiger partial charge in [-0.05, 0) is 32.1 Å². The highest BCUT2D eigenvalue weighted by Gasteiger charge is 2.29. The molecule has 5 rings (SSSR count). The maximum atomic E-state index is 13.3. The lowest BCUT2D eigenvalue weighted by molar-refractivity contribution is 0.366. The summed E-state index contributed by atoms with van der Waals surface area (Å²) < 4.78 is 23.2. The van der Waals surface area contributed by atoms with Crippen molar-refractivity contribution in [1.82, 2.24) is 34.2 Å². The maximum absolute atomic E-state index is 13.3. The Kier molecular flexibility index (Phi) is 6.74. The average Bonchev–Trinajstić information content (AvgIpc) is 3.57. The van der Waals surface area contributed by atoms with Crippen LogP contribution in [0.3, 0.4) is 0 Å². The third-order valence-electron chi connectivity index (χ3n) is 6.61. The van der Waals surface area contributed by atoms with Crippen molar-refractivity contribution in [3.05, 3.63) is 59.0 Å². The number of fused-ring (bicyclic) bond motifs is 1. The van der Waals surface area contributed by atoms with Gasteiger partial charge in [-0.1, -0.05) is 32.4 Å². The van der Waals surface area contributed by atoms with E-state index in [-0.39, 0.29) is 16.9 Å². The number of aromatic nitrogens is 6. The van der Waals surface area contributed by atoms with Gasteiger partial charge in [0.05, 0.1) is 18.4 Å². The van der Waals surface area contributed by atoms with Crippen molar-refractivity contribution in [2.45, 2.75) is 38.6 Å². The number of pyridine rings is 2. The summed E-state index contributed by atoms with van der Waals surface area (Å²) in [4.78, 5) is 15.4. The topological polar surface area (TPSA) is 112 Å². The van der Waals surface area contributed by atoms with Crippen LogP contribution < -0.4 is 15.8 Å². The van der Waals surface area contributed by atoms with Crippen LogP contribution in [0.25, 0.3) is 16.9 Å². The van der Waals surface area contributed by atoms with Crippen molar-refractivity contribution < 1.29 is 9.13 Å². The van der Waals surface area contributed by atoms with Crippen LogP contribution in [-0.4, -0.2) is 54.3 Å². The van der Waals surface area contributed by atoms with Gasteiger partial charge in [-0.15, -0.1) is 0 Å². The van der Waals surface area contributed by atoms with Crippen LogP contribution in [0.2, 0.25) is 5.02 Å². The lowest BCUT2D eigenvalue weighted by atomic mass is 9.91.